The average Bonchev–Trinajstić information content (AvgIpc) is 3.10. The molecular formula is C17H27N5O3. The summed E-state index contributed by atoms with van der Waals surface area (Å²) in [6, 6.07) is -0.386. The first-order valence-corrected chi connectivity index (χ1v) is 8.99. The van der Waals surface area contributed by atoms with Crippen molar-refractivity contribution in [1.29, 1.82) is 0 Å². The number of rotatable bonds is 4. The van der Waals surface area contributed by atoms with Gasteiger partial charge in [0.25, 0.3) is 0 Å². The summed E-state index contributed by atoms with van der Waals surface area (Å²) in [5.41, 5.74) is 1.13. The van der Waals surface area contributed by atoms with Gasteiger partial charge in [-0.2, -0.15) is 0 Å². The lowest BCUT2D eigenvalue weighted by Gasteiger charge is -2.40. The highest BCUT2D eigenvalue weighted by atomic mass is 16.3. The number of nitrogens with zero attached hydrogens (tertiary/aromatic N) is 4. The van der Waals surface area contributed by atoms with Gasteiger partial charge in [0.2, 0.25) is 11.8 Å². The van der Waals surface area contributed by atoms with Crippen molar-refractivity contribution in [3.8, 4) is 0 Å². The van der Waals surface area contributed by atoms with Crippen molar-refractivity contribution in [2.75, 3.05) is 39.3 Å². The fourth-order valence-corrected chi connectivity index (χ4v) is 3.87. The molecule has 1 unspecified atom stereocenters. The summed E-state index contributed by atoms with van der Waals surface area (Å²) in [6.45, 7) is 5.41. The van der Waals surface area contributed by atoms with Crippen LogP contribution in [0.3, 0.4) is 0 Å². The lowest BCUT2D eigenvalue weighted by atomic mass is 9.93. The number of hydrogen-bond donors (Lipinski definition) is 2. The number of nitrogens with one attached hydrogen (secondary N) is 1. The topological polar surface area (TPSA) is 90.7 Å². The number of carbonyl (C=O) groups is 2. The number of piperidine rings is 1. The van der Waals surface area contributed by atoms with Crippen LogP contribution in [0.25, 0.3) is 0 Å². The quantitative estimate of drug-likeness (QED) is 0.758. The van der Waals surface area contributed by atoms with Crippen LogP contribution in [0.1, 0.15) is 31.4 Å². The monoisotopic (exact) mass is 349 g/mol. The van der Waals surface area contributed by atoms with Gasteiger partial charge in [-0.05, 0) is 12.8 Å². The molecule has 138 valence electrons. The van der Waals surface area contributed by atoms with Crippen LogP contribution in [-0.2, 0) is 16.1 Å². The summed E-state index contributed by atoms with van der Waals surface area (Å²) in [5.74, 6) is 0.360. The van der Waals surface area contributed by atoms with Gasteiger partial charge < -0.3 is 24.8 Å². The molecule has 1 aromatic heterocycles. The Morgan fingerprint density at radius 1 is 1.32 bits per heavy atom. The zero-order chi connectivity index (χ0) is 17.8. The van der Waals surface area contributed by atoms with Crippen LogP contribution in [0, 0.1) is 0 Å². The maximum atomic E-state index is 12.9. The molecule has 25 heavy (non-hydrogen) atoms. The smallest absolute Gasteiger partial charge is 0.246 e. The molecule has 0 bridgehead atoms. The second-order valence-corrected chi connectivity index (χ2v) is 6.77. The highest BCUT2D eigenvalue weighted by molar-refractivity contribution is 5.87. The Kier molecular flexibility index (Phi) is 5.70. The van der Waals surface area contributed by atoms with Gasteiger partial charge in [-0.3, -0.25) is 9.59 Å². The van der Waals surface area contributed by atoms with Crippen molar-refractivity contribution in [3.63, 3.8) is 0 Å². The fraction of sp³-hybridized carbons (Fsp3) is 0.706. The zero-order valence-electron chi connectivity index (χ0n) is 14.7. The number of hydrogen-bond acceptors (Lipinski definition) is 5. The van der Waals surface area contributed by atoms with Gasteiger partial charge in [-0.1, -0.05) is 0 Å². The Morgan fingerprint density at radius 3 is 2.76 bits per heavy atom. The van der Waals surface area contributed by atoms with Crippen LogP contribution in [0.5, 0.6) is 0 Å². The van der Waals surface area contributed by atoms with E-state index >= 15 is 0 Å². The van der Waals surface area contributed by atoms with E-state index in [1.54, 1.807) is 11.2 Å². The molecule has 0 aromatic carbocycles. The minimum atomic E-state index is -0.386. The molecule has 3 rings (SSSR count). The van der Waals surface area contributed by atoms with Crippen molar-refractivity contribution < 1.29 is 14.7 Å². The van der Waals surface area contributed by atoms with Crippen molar-refractivity contribution in [3.05, 3.63) is 18.2 Å². The molecule has 3 heterocycles. The van der Waals surface area contributed by atoms with Gasteiger partial charge in [-0.25, -0.2) is 4.98 Å². The molecule has 2 N–H and O–H groups in total. The number of aliphatic hydroxyl groups is 1. The molecule has 2 fully saturated rings. The average molecular weight is 349 g/mol. The van der Waals surface area contributed by atoms with Crippen molar-refractivity contribution in [2.45, 2.75) is 38.3 Å². The van der Waals surface area contributed by atoms with E-state index in [9.17, 15) is 9.59 Å². The van der Waals surface area contributed by atoms with Crippen molar-refractivity contribution in [2.24, 2.45) is 0 Å². The molecule has 2 amide bonds. The SMILES string of the molecule is CC(=O)N1CCNCC1C(=O)N1CCC(c2cncn2CCO)CC1. The molecule has 8 heteroatoms. The van der Waals surface area contributed by atoms with E-state index in [0.29, 0.717) is 38.6 Å². The highest BCUT2D eigenvalue weighted by Crippen LogP contribution is 2.28. The molecule has 0 saturated carbocycles. The van der Waals surface area contributed by atoms with Gasteiger partial charge in [0.15, 0.2) is 0 Å². The third-order valence-electron chi connectivity index (χ3n) is 5.24. The second-order valence-electron chi connectivity index (χ2n) is 6.77. The van der Waals surface area contributed by atoms with Gasteiger partial charge in [0.05, 0.1) is 12.9 Å². The first-order valence-electron chi connectivity index (χ1n) is 8.99. The standard InChI is InChI=1S/C17H27N5O3/c1-13(24)22-7-4-18-11-16(22)17(25)20-5-2-14(3-6-20)15-10-19-12-21(15)8-9-23/h10,12,14,16,18,23H,2-9,11H2,1H3. The lowest BCUT2D eigenvalue weighted by molar-refractivity contribution is -0.146. The summed E-state index contributed by atoms with van der Waals surface area (Å²) < 4.78 is 1.99. The summed E-state index contributed by atoms with van der Waals surface area (Å²) in [5, 5.41) is 12.4. The number of aliphatic hydroxyl groups excluding tert-OH is 1. The van der Waals surface area contributed by atoms with E-state index in [0.717, 1.165) is 25.1 Å². The number of carbonyl (C=O) groups excluding carboxylic acids is 2. The number of piperazine rings is 1. The molecule has 2 aliphatic heterocycles. The molecule has 8 nitrogen and oxygen atoms in total. The molecule has 0 spiro atoms. The van der Waals surface area contributed by atoms with Crippen LogP contribution in [0.15, 0.2) is 12.5 Å². The predicted molar refractivity (Wildman–Crippen MR) is 91.9 cm³/mol. The van der Waals surface area contributed by atoms with Crippen molar-refractivity contribution >= 4 is 11.8 Å². The Hall–Kier alpha value is -1.93. The van der Waals surface area contributed by atoms with Crippen LogP contribution in [0.2, 0.25) is 0 Å². The highest BCUT2D eigenvalue weighted by Gasteiger charge is 2.35. The van der Waals surface area contributed by atoms with Gasteiger partial charge in [-0.15, -0.1) is 0 Å². The Bertz CT molecular complexity index is 609. The van der Waals surface area contributed by atoms with E-state index in [1.165, 1.54) is 6.92 Å². The van der Waals surface area contributed by atoms with E-state index in [2.05, 4.69) is 10.3 Å². The summed E-state index contributed by atoms with van der Waals surface area (Å²) in [6.07, 6.45) is 5.37. The second kappa shape index (κ2) is 7.97. The third-order valence-corrected chi connectivity index (χ3v) is 5.24. The molecule has 0 aliphatic carbocycles. The van der Waals surface area contributed by atoms with Gasteiger partial charge in [0.1, 0.15) is 6.04 Å². The lowest BCUT2D eigenvalue weighted by Crippen LogP contribution is -2.60. The van der Waals surface area contributed by atoms with Gasteiger partial charge in [0, 0.05) is 64.0 Å². The van der Waals surface area contributed by atoms with E-state index in [-0.39, 0.29) is 24.5 Å². The summed E-state index contributed by atoms with van der Waals surface area (Å²) in [4.78, 5) is 32.4. The molecule has 1 atom stereocenters. The molecule has 2 saturated heterocycles. The Morgan fingerprint density at radius 2 is 2.08 bits per heavy atom. The maximum absolute atomic E-state index is 12.9. The number of aromatic nitrogens is 2. The summed E-state index contributed by atoms with van der Waals surface area (Å²) >= 11 is 0. The predicted octanol–water partition coefficient (Wildman–Crippen LogP) is -0.598. The van der Waals surface area contributed by atoms with Crippen molar-refractivity contribution in [1.82, 2.24) is 24.7 Å². The van der Waals surface area contributed by atoms with Crippen LogP contribution in [0.4, 0.5) is 0 Å². The Labute approximate surface area is 147 Å². The van der Waals surface area contributed by atoms with Crippen LogP contribution >= 0.6 is 0 Å². The third kappa shape index (κ3) is 3.85. The zero-order valence-corrected chi connectivity index (χ0v) is 14.7. The Balaban J connectivity index is 1.60. The number of likely N-dealkylation sites (tertiary alicyclic amines) is 1. The van der Waals surface area contributed by atoms with E-state index in [4.69, 9.17) is 5.11 Å². The van der Waals surface area contributed by atoms with E-state index in [1.807, 2.05) is 15.7 Å². The molecular weight excluding hydrogens is 322 g/mol. The maximum Gasteiger partial charge on any atom is 0.246 e. The fourth-order valence-electron chi connectivity index (χ4n) is 3.87. The number of imidazole rings is 1. The summed E-state index contributed by atoms with van der Waals surface area (Å²) in [7, 11) is 0. The first-order chi connectivity index (χ1) is 12.1. The normalized spacial score (nSPS) is 22.2. The number of amides is 2. The van der Waals surface area contributed by atoms with Crippen LogP contribution < -0.4 is 5.32 Å². The molecule has 0 radical (unpaired) electrons. The van der Waals surface area contributed by atoms with Gasteiger partial charge >= 0.3 is 0 Å². The minimum absolute atomic E-state index is 0.0392. The molecule has 1 aromatic rings. The molecule has 2 aliphatic rings. The largest absolute Gasteiger partial charge is 0.395 e. The van der Waals surface area contributed by atoms with Crippen LogP contribution in [-0.4, -0.2) is 81.6 Å². The van der Waals surface area contributed by atoms with E-state index < -0.39 is 0 Å². The minimum Gasteiger partial charge on any atom is -0.395 e. The first kappa shape index (κ1) is 17.9.